The Bertz CT molecular complexity index is 644. The van der Waals surface area contributed by atoms with Gasteiger partial charge in [0.25, 0.3) is 0 Å². The Morgan fingerprint density at radius 1 is 1.26 bits per heavy atom. The zero-order chi connectivity index (χ0) is 13.1. The minimum Gasteiger partial charge on any atom is -0.302 e. The molecule has 1 N–H and O–H groups in total. The lowest BCUT2D eigenvalue weighted by Gasteiger charge is -2.14. The lowest BCUT2D eigenvalue weighted by Crippen LogP contribution is -2.20. The maximum atomic E-state index is 4.24. The molecule has 0 saturated heterocycles. The normalized spacial score (nSPS) is 12.9. The fourth-order valence-corrected chi connectivity index (χ4v) is 3.05. The van der Waals surface area contributed by atoms with E-state index >= 15 is 0 Å². The van der Waals surface area contributed by atoms with E-state index in [2.05, 4.69) is 40.0 Å². The third-order valence-electron chi connectivity index (χ3n) is 3.19. The summed E-state index contributed by atoms with van der Waals surface area (Å²) in [5.41, 5.74) is 0.892. The summed E-state index contributed by atoms with van der Waals surface area (Å²) < 4.78 is 2.02. The molecule has 0 aliphatic heterocycles. The predicted molar refractivity (Wildman–Crippen MR) is 77.2 cm³/mol. The van der Waals surface area contributed by atoms with Crippen LogP contribution in [0.4, 0.5) is 0 Å². The first kappa shape index (κ1) is 12.3. The summed E-state index contributed by atoms with van der Waals surface area (Å²) in [6, 6.07) is 10.6. The van der Waals surface area contributed by atoms with Gasteiger partial charge in [-0.05, 0) is 30.0 Å². The first-order valence-electron chi connectivity index (χ1n) is 6.44. The fraction of sp³-hybridized carbons (Fsp3) is 0.286. The molecule has 1 atom stereocenters. The van der Waals surface area contributed by atoms with E-state index in [1.54, 1.807) is 11.3 Å². The average molecular weight is 272 g/mol. The number of pyridine rings is 1. The molecule has 1 unspecified atom stereocenters. The van der Waals surface area contributed by atoms with Crippen molar-refractivity contribution in [2.45, 2.75) is 25.9 Å². The van der Waals surface area contributed by atoms with Crippen LogP contribution in [-0.4, -0.2) is 14.6 Å². The molecule has 0 aliphatic carbocycles. The molecule has 19 heavy (non-hydrogen) atoms. The first-order valence-corrected chi connectivity index (χ1v) is 7.32. The van der Waals surface area contributed by atoms with Gasteiger partial charge in [-0.25, -0.2) is 0 Å². The van der Waals surface area contributed by atoms with Crippen molar-refractivity contribution in [3.05, 3.63) is 52.6 Å². The Morgan fingerprint density at radius 2 is 2.21 bits per heavy atom. The van der Waals surface area contributed by atoms with Crippen LogP contribution in [-0.2, 0) is 6.54 Å². The Labute approximate surface area is 116 Å². The molecule has 0 aromatic carbocycles. The van der Waals surface area contributed by atoms with E-state index in [0.717, 1.165) is 24.4 Å². The van der Waals surface area contributed by atoms with Gasteiger partial charge in [-0.2, -0.15) is 0 Å². The molecule has 3 aromatic heterocycles. The lowest BCUT2D eigenvalue weighted by atomic mass is 10.2. The fourth-order valence-electron chi connectivity index (χ4n) is 2.16. The summed E-state index contributed by atoms with van der Waals surface area (Å²) >= 11 is 1.79. The molecule has 3 aromatic rings. The third kappa shape index (κ3) is 2.52. The third-order valence-corrected chi connectivity index (χ3v) is 4.17. The van der Waals surface area contributed by atoms with Crippen LogP contribution >= 0.6 is 11.3 Å². The molecule has 3 rings (SSSR count). The second-order valence-electron chi connectivity index (χ2n) is 4.40. The van der Waals surface area contributed by atoms with Crippen molar-refractivity contribution in [2.24, 2.45) is 0 Å². The van der Waals surface area contributed by atoms with Crippen molar-refractivity contribution in [1.82, 2.24) is 19.9 Å². The van der Waals surface area contributed by atoms with Gasteiger partial charge in [-0.15, -0.1) is 21.5 Å². The highest BCUT2D eigenvalue weighted by atomic mass is 32.1. The topological polar surface area (TPSA) is 42.2 Å². The molecule has 0 amide bonds. The molecule has 0 radical (unpaired) electrons. The average Bonchev–Trinajstić information content (AvgIpc) is 3.09. The number of nitrogens with zero attached hydrogens (tertiary/aromatic N) is 3. The maximum Gasteiger partial charge on any atom is 0.160 e. The highest BCUT2D eigenvalue weighted by Gasteiger charge is 2.11. The molecular formula is C14H16N4S. The summed E-state index contributed by atoms with van der Waals surface area (Å²) in [4.78, 5) is 1.37. The van der Waals surface area contributed by atoms with Gasteiger partial charge in [0, 0.05) is 17.1 Å². The summed E-state index contributed by atoms with van der Waals surface area (Å²) in [5, 5.41) is 14.1. The van der Waals surface area contributed by atoms with Crippen molar-refractivity contribution >= 4 is 17.0 Å². The van der Waals surface area contributed by atoms with E-state index in [9.17, 15) is 0 Å². The highest BCUT2D eigenvalue weighted by Crippen LogP contribution is 2.21. The molecule has 4 nitrogen and oxygen atoms in total. The number of hydrogen-bond acceptors (Lipinski definition) is 4. The quantitative estimate of drug-likeness (QED) is 0.776. The molecule has 0 bridgehead atoms. The summed E-state index contributed by atoms with van der Waals surface area (Å²) in [5.74, 6) is 0.950. The Hall–Kier alpha value is -1.72. The Morgan fingerprint density at radius 3 is 3.00 bits per heavy atom. The molecule has 0 spiro atoms. The van der Waals surface area contributed by atoms with Crippen molar-refractivity contribution in [3.8, 4) is 0 Å². The van der Waals surface area contributed by atoms with Gasteiger partial charge in [-0.3, -0.25) is 4.40 Å². The Balaban J connectivity index is 1.75. The van der Waals surface area contributed by atoms with Gasteiger partial charge in [0.1, 0.15) is 0 Å². The second kappa shape index (κ2) is 5.50. The van der Waals surface area contributed by atoms with E-state index in [1.165, 1.54) is 4.88 Å². The predicted octanol–water partition coefficient (Wildman–Crippen LogP) is 3.03. The largest absolute Gasteiger partial charge is 0.302 e. The standard InChI is InChI=1S/C14H16N4S/c1-2-11(12-6-5-9-19-12)15-10-14-17-16-13-7-3-4-8-18(13)14/h3-9,11,15H,2,10H2,1H3. The van der Waals surface area contributed by atoms with E-state index in [-0.39, 0.29) is 0 Å². The van der Waals surface area contributed by atoms with E-state index in [1.807, 2.05) is 28.8 Å². The van der Waals surface area contributed by atoms with Gasteiger partial charge in [0.05, 0.1) is 6.54 Å². The summed E-state index contributed by atoms with van der Waals surface area (Å²) in [7, 11) is 0. The second-order valence-corrected chi connectivity index (χ2v) is 5.38. The minimum atomic E-state index is 0.385. The van der Waals surface area contributed by atoms with Crippen molar-refractivity contribution in [1.29, 1.82) is 0 Å². The van der Waals surface area contributed by atoms with E-state index in [0.29, 0.717) is 6.04 Å². The SMILES string of the molecule is CCC(NCc1nnc2ccccn12)c1cccs1. The van der Waals surface area contributed by atoms with Gasteiger partial charge in [0.15, 0.2) is 11.5 Å². The number of thiophene rings is 1. The smallest absolute Gasteiger partial charge is 0.160 e. The number of fused-ring (bicyclic) bond motifs is 1. The maximum absolute atomic E-state index is 4.24. The number of rotatable bonds is 5. The van der Waals surface area contributed by atoms with Gasteiger partial charge in [-0.1, -0.05) is 19.1 Å². The Kier molecular flexibility index (Phi) is 3.57. The lowest BCUT2D eigenvalue weighted by molar-refractivity contribution is 0.513. The molecule has 3 heterocycles. The van der Waals surface area contributed by atoms with E-state index < -0.39 is 0 Å². The summed E-state index contributed by atoms with van der Waals surface area (Å²) in [6.45, 7) is 2.92. The monoisotopic (exact) mass is 272 g/mol. The van der Waals surface area contributed by atoms with Crippen LogP contribution in [0.5, 0.6) is 0 Å². The zero-order valence-corrected chi connectivity index (χ0v) is 11.6. The molecule has 0 aliphatic rings. The van der Waals surface area contributed by atoms with Gasteiger partial charge >= 0.3 is 0 Å². The van der Waals surface area contributed by atoms with Crippen LogP contribution < -0.4 is 5.32 Å². The number of aromatic nitrogens is 3. The van der Waals surface area contributed by atoms with Crippen molar-refractivity contribution < 1.29 is 0 Å². The summed E-state index contributed by atoms with van der Waals surface area (Å²) in [6.07, 6.45) is 3.07. The highest BCUT2D eigenvalue weighted by molar-refractivity contribution is 7.10. The van der Waals surface area contributed by atoms with Crippen LogP contribution in [0.2, 0.25) is 0 Å². The first-order chi connectivity index (χ1) is 9.38. The molecular weight excluding hydrogens is 256 g/mol. The zero-order valence-electron chi connectivity index (χ0n) is 10.8. The van der Waals surface area contributed by atoms with Gasteiger partial charge in [0.2, 0.25) is 0 Å². The van der Waals surface area contributed by atoms with Crippen LogP contribution in [0.25, 0.3) is 5.65 Å². The van der Waals surface area contributed by atoms with Crippen LogP contribution in [0.15, 0.2) is 41.9 Å². The molecule has 98 valence electrons. The number of nitrogens with one attached hydrogen (secondary N) is 1. The molecule has 0 saturated carbocycles. The van der Waals surface area contributed by atoms with Crippen molar-refractivity contribution in [2.75, 3.05) is 0 Å². The van der Waals surface area contributed by atoms with Crippen LogP contribution in [0, 0.1) is 0 Å². The molecule has 5 heteroatoms. The van der Waals surface area contributed by atoms with E-state index in [4.69, 9.17) is 0 Å². The number of hydrogen-bond donors (Lipinski definition) is 1. The minimum absolute atomic E-state index is 0.385. The van der Waals surface area contributed by atoms with Crippen molar-refractivity contribution in [3.63, 3.8) is 0 Å². The van der Waals surface area contributed by atoms with Gasteiger partial charge < -0.3 is 5.32 Å². The molecule has 0 fully saturated rings. The van der Waals surface area contributed by atoms with Crippen LogP contribution in [0.1, 0.15) is 30.1 Å². The van der Waals surface area contributed by atoms with Crippen LogP contribution in [0.3, 0.4) is 0 Å².